The van der Waals surface area contributed by atoms with Crippen LogP contribution in [0.1, 0.15) is 6.42 Å². The van der Waals surface area contributed by atoms with E-state index in [9.17, 15) is 0 Å². The van der Waals surface area contributed by atoms with Crippen molar-refractivity contribution < 1.29 is 0 Å². The summed E-state index contributed by atoms with van der Waals surface area (Å²) in [5.41, 5.74) is 5.92. The van der Waals surface area contributed by atoms with Gasteiger partial charge in [0.2, 0.25) is 0 Å². The van der Waals surface area contributed by atoms with Crippen molar-refractivity contribution in [2.75, 3.05) is 6.54 Å². The quantitative estimate of drug-likeness (QED) is 0.514. The molecular weight excluding hydrogens is 88.1 g/mol. The van der Waals surface area contributed by atoms with E-state index in [4.69, 9.17) is 5.73 Å². The van der Waals surface area contributed by atoms with Crippen molar-refractivity contribution in [3.8, 4) is 0 Å². The van der Waals surface area contributed by atoms with Crippen LogP contribution < -0.4 is 5.73 Å². The van der Waals surface area contributed by atoms with Crippen LogP contribution in [0.5, 0.6) is 0 Å². The third kappa shape index (κ3) is 3.19. The zero-order chi connectivity index (χ0) is 5.70. The van der Waals surface area contributed by atoms with E-state index in [1.165, 1.54) is 0 Å². The molecule has 0 atom stereocenters. The van der Waals surface area contributed by atoms with Crippen molar-refractivity contribution in [2.45, 2.75) is 6.42 Å². The highest BCUT2D eigenvalue weighted by molar-refractivity contribution is 5.27. The Balaban J connectivity index is 3.17. The summed E-state index contributed by atoms with van der Waals surface area (Å²) in [6.07, 6.45) is 0.753. The van der Waals surface area contributed by atoms with Crippen molar-refractivity contribution in [3.63, 3.8) is 0 Å². The van der Waals surface area contributed by atoms with Gasteiger partial charge < -0.3 is 5.73 Å². The van der Waals surface area contributed by atoms with E-state index < -0.39 is 0 Å². The lowest BCUT2D eigenvalue weighted by Gasteiger charge is -1.89. The largest absolute Gasteiger partial charge is 0.330 e. The first kappa shape index (κ1) is 6.37. The Bertz CT molecular complexity index is 76.1. The maximum Gasteiger partial charge on any atom is 0.0337 e. The maximum absolute atomic E-state index is 5.16. The van der Waals surface area contributed by atoms with Crippen LogP contribution in [0.25, 0.3) is 0 Å². The molecule has 2 nitrogen and oxygen atoms in total. The van der Waals surface area contributed by atoms with Crippen LogP contribution in [0.4, 0.5) is 0 Å². The average Bonchev–Trinajstić information content (AvgIpc) is 1.68. The van der Waals surface area contributed by atoms with E-state index in [0.717, 1.165) is 12.1 Å². The molecule has 0 aliphatic heterocycles. The minimum Gasteiger partial charge on any atom is -0.330 e. The second-order valence-corrected chi connectivity index (χ2v) is 1.26. The molecule has 0 saturated carbocycles. The lowest BCUT2D eigenvalue weighted by Crippen LogP contribution is -1.97. The van der Waals surface area contributed by atoms with Gasteiger partial charge in [-0.1, -0.05) is 6.58 Å². The van der Waals surface area contributed by atoms with Gasteiger partial charge in [0, 0.05) is 12.1 Å². The molecule has 0 amide bonds. The molecule has 0 aromatic heterocycles. The van der Waals surface area contributed by atoms with E-state index in [1.54, 1.807) is 0 Å². The average molecular weight is 98.1 g/mol. The molecule has 0 aromatic carbocycles. The Hall–Kier alpha value is -0.630. The highest BCUT2D eigenvalue weighted by atomic mass is 14.7. The minimum atomic E-state index is 0.609. The summed E-state index contributed by atoms with van der Waals surface area (Å²) < 4.78 is 0. The first-order chi connectivity index (χ1) is 3.31. The smallest absolute Gasteiger partial charge is 0.0337 e. The SMILES string of the molecule is C=NC(=C)CCN. The van der Waals surface area contributed by atoms with Crippen molar-refractivity contribution in [2.24, 2.45) is 10.7 Å². The molecule has 0 aliphatic rings. The minimum absolute atomic E-state index is 0.609. The van der Waals surface area contributed by atoms with Crippen LogP contribution in [0, 0.1) is 0 Å². The highest BCUT2D eigenvalue weighted by Gasteiger charge is 1.81. The van der Waals surface area contributed by atoms with Gasteiger partial charge in [-0.15, -0.1) is 0 Å². The first-order valence-corrected chi connectivity index (χ1v) is 2.16. The van der Waals surface area contributed by atoms with Crippen LogP contribution in [-0.4, -0.2) is 13.3 Å². The number of nitrogens with two attached hydrogens (primary N) is 1. The van der Waals surface area contributed by atoms with Gasteiger partial charge in [-0.2, -0.15) is 0 Å². The predicted octanol–water partition coefficient (Wildman–Crippen LogP) is 0.550. The molecular formula is C5H10N2. The van der Waals surface area contributed by atoms with Crippen LogP contribution in [0.2, 0.25) is 0 Å². The molecule has 40 valence electrons. The van der Waals surface area contributed by atoms with E-state index in [0.29, 0.717) is 6.54 Å². The molecule has 0 unspecified atom stereocenters. The molecule has 0 saturated heterocycles. The Kier molecular flexibility index (Phi) is 3.24. The number of hydrogen-bond acceptors (Lipinski definition) is 2. The van der Waals surface area contributed by atoms with E-state index in [-0.39, 0.29) is 0 Å². The Morgan fingerprint density at radius 1 is 1.71 bits per heavy atom. The van der Waals surface area contributed by atoms with Crippen LogP contribution in [-0.2, 0) is 0 Å². The fourth-order valence-corrected chi connectivity index (χ4v) is 0.246. The van der Waals surface area contributed by atoms with Crippen molar-refractivity contribution >= 4 is 6.72 Å². The standard InChI is InChI=1S/C5H10N2/c1-5(7-2)3-4-6/h1-4,6H2. The summed E-state index contributed by atoms with van der Waals surface area (Å²) in [7, 11) is 0. The third-order valence-corrected chi connectivity index (χ3v) is 0.657. The predicted molar refractivity (Wildman–Crippen MR) is 32.4 cm³/mol. The normalized spacial score (nSPS) is 8.14. The summed E-state index contributed by atoms with van der Waals surface area (Å²) in [4.78, 5) is 3.55. The summed E-state index contributed by atoms with van der Waals surface area (Å²) >= 11 is 0. The fourth-order valence-electron chi connectivity index (χ4n) is 0.246. The van der Waals surface area contributed by atoms with Gasteiger partial charge in [-0.3, -0.25) is 4.99 Å². The van der Waals surface area contributed by atoms with Gasteiger partial charge in [0.25, 0.3) is 0 Å². The lowest BCUT2D eigenvalue weighted by atomic mass is 10.4. The van der Waals surface area contributed by atoms with Crippen molar-refractivity contribution in [1.29, 1.82) is 0 Å². The van der Waals surface area contributed by atoms with Gasteiger partial charge >= 0.3 is 0 Å². The van der Waals surface area contributed by atoms with Gasteiger partial charge in [0.05, 0.1) is 0 Å². The number of hydrogen-bond donors (Lipinski definition) is 1. The molecule has 2 N–H and O–H groups in total. The summed E-state index contributed by atoms with van der Waals surface area (Å²) in [6.45, 7) is 7.44. The second-order valence-electron chi connectivity index (χ2n) is 1.26. The molecule has 0 aliphatic carbocycles. The Morgan fingerprint density at radius 3 is 2.43 bits per heavy atom. The number of nitrogens with zero attached hydrogens (tertiary/aromatic N) is 1. The number of rotatable bonds is 3. The van der Waals surface area contributed by atoms with Crippen LogP contribution in [0.3, 0.4) is 0 Å². The van der Waals surface area contributed by atoms with Gasteiger partial charge in [0.15, 0.2) is 0 Å². The van der Waals surface area contributed by atoms with E-state index in [1.807, 2.05) is 0 Å². The molecule has 7 heavy (non-hydrogen) atoms. The topological polar surface area (TPSA) is 38.4 Å². The maximum atomic E-state index is 5.16. The zero-order valence-electron chi connectivity index (χ0n) is 4.35. The Morgan fingerprint density at radius 2 is 2.29 bits per heavy atom. The lowest BCUT2D eigenvalue weighted by molar-refractivity contribution is 0.944. The summed E-state index contributed by atoms with van der Waals surface area (Å²) in [6, 6.07) is 0. The zero-order valence-corrected chi connectivity index (χ0v) is 4.35. The molecule has 0 rings (SSSR count). The highest BCUT2D eigenvalue weighted by Crippen LogP contribution is 1.92. The first-order valence-electron chi connectivity index (χ1n) is 2.16. The van der Waals surface area contributed by atoms with Gasteiger partial charge in [-0.25, -0.2) is 0 Å². The second kappa shape index (κ2) is 3.56. The molecule has 0 heterocycles. The van der Waals surface area contributed by atoms with E-state index in [2.05, 4.69) is 18.3 Å². The Labute approximate surface area is 43.7 Å². The monoisotopic (exact) mass is 98.1 g/mol. The van der Waals surface area contributed by atoms with Gasteiger partial charge in [0.1, 0.15) is 0 Å². The summed E-state index contributed by atoms with van der Waals surface area (Å²) in [5, 5.41) is 0. The molecule has 0 radical (unpaired) electrons. The van der Waals surface area contributed by atoms with Crippen LogP contribution >= 0.6 is 0 Å². The molecule has 0 bridgehead atoms. The van der Waals surface area contributed by atoms with Crippen LogP contribution in [0.15, 0.2) is 17.3 Å². The number of aliphatic imine (C=N–C) groups is 1. The summed E-state index contributed by atoms with van der Waals surface area (Å²) in [5.74, 6) is 0. The van der Waals surface area contributed by atoms with Crippen molar-refractivity contribution in [1.82, 2.24) is 0 Å². The molecule has 0 fully saturated rings. The van der Waals surface area contributed by atoms with Crippen molar-refractivity contribution in [3.05, 3.63) is 12.3 Å². The third-order valence-electron chi connectivity index (χ3n) is 0.657. The molecule has 0 spiro atoms. The van der Waals surface area contributed by atoms with Gasteiger partial charge in [-0.05, 0) is 13.3 Å². The molecule has 0 aromatic rings. The fraction of sp³-hybridized carbons (Fsp3) is 0.400. The van der Waals surface area contributed by atoms with E-state index >= 15 is 0 Å². The molecule has 2 heteroatoms.